The van der Waals surface area contributed by atoms with E-state index in [0.717, 1.165) is 0 Å². The summed E-state index contributed by atoms with van der Waals surface area (Å²) in [5.41, 5.74) is 0.689. The smallest absolute Gasteiger partial charge is 0.321 e. The van der Waals surface area contributed by atoms with Gasteiger partial charge in [-0.25, -0.2) is 0 Å². The number of furan rings is 1. The lowest BCUT2D eigenvalue weighted by molar-refractivity contribution is -0.384. The fraction of sp³-hybridized carbons (Fsp3) is 0.214. The SMILES string of the molecule is O=C(O)[C@H](Cc1ccc([N+](=O)[O-])cc1)NCc1ccco1. The van der Waals surface area contributed by atoms with Gasteiger partial charge in [-0.15, -0.1) is 0 Å². The molecule has 0 bridgehead atoms. The number of carboxylic acid groups (broad SMARTS) is 1. The highest BCUT2D eigenvalue weighted by Crippen LogP contribution is 2.13. The molecule has 110 valence electrons. The number of hydrogen-bond donors (Lipinski definition) is 2. The van der Waals surface area contributed by atoms with Crippen LogP contribution in [0.2, 0.25) is 0 Å². The second-order valence-corrected chi connectivity index (χ2v) is 4.48. The van der Waals surface area contributed by atoms with Crippen molar-refractivity contribution in [2.24, 2.45) is 0 Å². The molecule has 1 aromatic heterocycles. The molecule has 0 radical (unpaired) electrons. The van der Waals surface area contributed by atoms with E-state index in [-0.39, 0.29) is 12.1 Å². The Kier molecular flexibility index (Phi) is 4.68. The Morgan fingerprint density at radius 3 is 2.57 bits per heavy atom. The van der Waals surface area contributed by atoms with Crippen LogP contribution in [0.4, 0.5) is 5.69 Å². The Hall–Kier alpha value is -2.67. The maximum atomic E-state index is 11.2. The van der Waals surface area contributed by atoms with Gasteiger partial charge in [0.2, 0.25) is 0 Å². The Bertz CT molecular complexity index is 607. The zero-order valence-electron chi connectivity index (χ0n) is 11.1. The molecule has 2 rings (SSSR count). The molecular formula is C14H14N2O5. The predicted molar refractivity (Wildman–Crippen MR) is 73.8 cm³/mol. The average molecular weight is 290 g/mol. The van der Waals surface area contributed by atoms with Crippen LogP contribution in [0.15, 0.2) is 47.1 Å². The molecule has 0 spiro atoms. The van der Waals surface area contributed by atoms with Crippen molar-refractivity contribution >= 4 is 11.7 Å². The normalized spacial score (nSPS) is 12.0. The van der Waals surface area contributed by atoms with Gasteiger partial charge < -0.3 is 9.52 Å². The van der Waals surface area contributed by atoms with E-state index in [9.17, 15) is 20.0 Å². The highest BCUT2D eigenvalue weighted by atomic mass is 16.6. The third-order valence-corrected chi connectivity index (χ3v) is 2.99. The number of nitrogens with one attached hydrogen (secondary N) is 1. The minimum Gasteiger partial charge on any atom is -0.480 e. The van der Waals surface area contributed by atoms with Crippen LogP contribution >= 0.6 is 0 Å². The lowest BCUT2D eigenvalue weighted by atomic mass is 10.1. The lowest BCUT2D eigenvalue weighted by Gasteiger charge is -2.13. The highest BCUT2D eigenvalue weighted by molar-refractivity contribution is 5.73. The van der Waals surface area contributed by atoms with Gasteiger partial charge in [-0.2, -0.15) is 0 Å². The molecule has 0 aliphatic carbocycles. The first-order valence-electron chi connectivity index (χ1n) is 6.28. The number of nitro benzene ring substituents is 1. The topological polar surface area (TPSA) is 106 Å². The van der Waals surface area contributed by atoms with Crippen LogP contribution in [-0.4, -0.2) is 22.0 Å². The van der Waals surface area contributed by atoms with E-state index in [2.05, 4.69) is 5.32 Å². The molecule has 0 saturated carbocycles. The van der Waals surface area contributed by atoms with Crippen molar-refractivity contribution in [1.82, 2.24) is 5.32 Å². The number of nitro groups is 1. The molecule has 2 aromatic rings. The summed E-state index contributed by atoms with van der Waals surface area (Å²) in [6.45, 7) is 0.303. The second kappa shape index (κ2) is 6.67. The molecule has 21 heavy (non-hydrogen) atoms. The molecule has 0 unspecified atom stereocenters. The fourth-order valence-corrected chi connectivity index (χ4v) is 1.87. The van der Waals surface area contributed by atoms with Crippen LogP contribution in [0, 0.1) is 10.1 Å². The molecule has 1 aromatic carbocycles. The van der Waals surface area contributed by atoms with E-state index in [1.165, 1.54) is 18.4 Å². The van der Waals surface area contributed by atoms with Crippen molar-refractivity contribution in [3.8, 4) is 0 Å². The Balaban J connectivity index is 1.98. The van der Waals surface area contributed by atoms with Crippen molar-refractivity contribution in [3.05, 3.63) is 64.1 Å². The van der Waals surface area contributed by atoms with Crippen LogP contribution in [0.3, 0.4) is 0 Å². The van der Waals surface area contributed by atoms with E-state index < -0.39 is 16.9 Å². The van der Waals surface area contributed by atoms with Gasteiger partial charge in [0.25, 0.3) is 5.69 Å². The first-order chi connectivity index (χ1) is 10.1. The third kappa shape index (κ3) is 4.15. The van der Waals surface area contributed by atoms with Crippen LogP contribution < -0.4 is 5.32 Å². The van der Waals surface area contributed by atoms with Gasteiger partial charge in [-0.1, -0.05) is 12.1 Å². The molecule has 2 N–H and O–H groups in total. The average Bonchev–Trinajstić information content (AvgIpc) is 2.96. The number of nitrogens with zero attached hydrogens (tertiary/aromatic N) is 1. The summed E-state index contributed by atoms with van der Waals surface area (Å²) in [6.07, 6.45) is 1.75. The molecule has 0 saturated heterocycles. The molecule has 0 amide bonds. The van der Waals surface area contributed by atoms with E-state index in [0.29, 0.717) is 17.9 Å². The minimum absolute atomic E-state index is 0.0193. The van der Waals surface area contributed by atoms with Crippen LogP contribution in [0.1, 0.15) is 11.3 Å². The van der Waals surface area contributed by atoms with Gasteiger partial charge in [0.1, 0.15) is 11.8 Å². The number of non-ortho nitro benzene ring substituents is 1. The van der Waals surface area contributed by atoms with Crippen molar-refractivity contribution in [2.45, 2.75) is 19.0 Å². The molecule has 0 aliphatic heterocycles. The summed E-state index contributed by atoms with van der Waals surface area (Å²) in [5, 5.41) is 22.7. The number of carboxylic acids is 1. The van der Waals surface area contributed by atoms with Gasteiger partial charge in [0.05, 0.1) is 17.7 Å². The standard InChI is InChI=1S/C14H14N2O5/c17-14(18)13(15-9-12-2-1-7-21-12)8-10-3-5-11(6-4-10)16(19)20/h1-7,13,15H,8-9H2,(H,17,18)/t13-/m0/s1. The fourth-order valence-electron chi connectivity index (χ4n) is 1.87. The second-order valence-electron chi connectivity index (χ2n) is 4.48. The Morgan fingerprint density at radius 1 is 1.33 bits per heavy atom. The quantitative estimate of drug-likeness (QED) is 0.596. The molecule has 1 heterocycles. The maximum absolute atomic E-state index is 11.2. The monoisotopic (exact) mass is 290 g/mol. The Labute approximate surface area is 120 Å². The van der Waals surface area contributed by atoms with Crippen molar-refractivity contribution in [1.29, 1.82) is 0 Å². The van der Waals surface area contributed by atoms with Crippen molar-refractivity contribution < 1.29 is 19.2 Å². The summed E-state index contributed by atoms with van der Waals surface area (Å²) in [5.74, 6) is -0.343. The van der Waals surface area contributed by atoms with Gasteiger partial charge in [0.15, 0.2) is 0 Å². The van der Waals surface area contributed by atoms with E-state index in [1.54, 1.807) is 24.3 Å². The predicted octanol–water partition coefficient (Wildman–Crippen LogP) is 1.97. The number of benzene rings is 1. The number of aliphatic carboxylic acids is 1. The van der Waals surface area contributed by atoms with Gasteiger partial charge in [0, 0.05) is 12.1 Å². The number of hydrogen-bond acceptors (Lipinski definition) is 5. The first-order valence-corrected chi connectivity index (χ1v) is 6.28. The summed E-state index contributed by atoms with van der Waals surface area (Å²) < 4.78 is 5.13. The zero-order valence-corrected chi connectivity index (χ0v) is 11.1. The third-order valence-electron chi connectivity index (χ3n) is 2.99. The van der Waals surface area contributed by atoms with Crippen LogP contribution in [0.5, 0.6) is 0 Å². The van der Waals surface area contributed by atoms with E-state index in [1.807, 2.05) is 0 Å². The molecule has 7 heteroatoms. The van der Waals surface area contributed by atoms with Crippen molar-refractivity contribution in [2.75, 3.05) is 0 Å². The van der Waals surface area contributed by atoms with Crippen LogP contribution in [-0.2, 0) is 17.8 Å². The Morgan fingerprint density at radius 2 is 2.05 bits per heavy atom. The lowest BCUT2D eigenvalue weighted by Crippen LogP contribution is -2.38. The summed E-state index contributed by atoms with van der Waals surface area (Å²) in [7, 11) is 0. The highest BCUT2D eigenvalue weighted by Gasteiger charge is 2.18. The van der Waals surface area contributed by atoms with Crippen molar-refractivity contribution in [3.63, 3.8) is 0 Å². The maximum Gasteiger partial charge on any atom is 0.321 e. The summed E-state index contributed by atoms with van der Waals surface area (Å²) >= 11 is 0. The molecule has 7 nitrogen and oxygen atoms in total. The largest absolute Gasteiger partial charge is 0.480 e. The summed E-state index contributed by atoms with van der Waals surface area (Å²) in [6, 6.07) is 8.52. The zero-order chi connectivity index (χ0) is 15.2. The number of carbonyl (C=O) groups is 1. The van der Waals surface area contributed by atoms with Gasteiger partial charge in [-0.3, -0.25) is 20.2 Å². The van der Waals surface area contributed by atoms with Gasteiger partial charge in [-0.05, 0) is 24.1 Å². The van der Waals surface area contributed by atoms with E-state index in [4.69, 9.17) is 4.42 Å². The van der Waals surface area contributed by atoms with Gasteiger partial charge >= 0.3 is 5.97 Å². The first kappa shape index (κ1) is 14.7. The summed E-state index contributed by atoms with van der Waals surface area (Å²) in [4.78, 5) is 21.3. The molecule has 0 fully saturated rings. The molecule has 1 atom stereocenters. The van der Waals surface area contributed by atoms with E-state index >= 15 is 0 Å². The molecule has 0 aliphatic rings. The number of rotatable bonds is 7. The molecular weight excluding hydrogens is 276 g/mol. The van der Waals surface area contributed by atoms with Crippen LogP contribution in [0.25, 0.3) is 0 Å². The minimum atomic E-state index is -0.986.